The van der Waals surface area contributed by atoms with E-state index in [1.807, 2.05) is 11.8 Å². The fraction of sp³-hybridized carbons (Fsp3) is 0.909. The maximum atomic E-state index is 4.65. The van der Waals surface area contributed by atoms with Crippen molar-refractivity contribution in [3.8, 4) is 0 Å². The normalized spacial score (nSPS) is 20.4. The lowest BCUT2D eigenvalue weighted by Crippen LogP contribution is -2.13. The average molecular weight is 199 g/mol. The summed E-state index contributed by atoms with van der Waals surface area (Å²) in [7, 11) is 0. The molecule has 0 atom stereocenters. The Kier molecular flexibility index (Phi) is 4.30. The first-order chi connectivity index (χ1) is 6.08. The lowest BCUT2D eigenvalue weighted by molar-refractivity contribution is 0.647. The zero-order chi connectivity index (χ0) is 9.73. The second-order valence-corrected chi connectivity index (χ2v) is 6.55. The van der Waals surface area contributed by atoms with E-state index in [2.05, 4.69) is 25.8 Å². The molecule has 0 saturated heterocycles. The smallest absolute Gasteiger partial charge is 0.0681 e. The molecular formula is C11H21NS. The van der Waals surface area contributed by atoms with Gasteiger partial charge in [-0.1, -0.05) is 33.6 Å². The molecule has 0 fully saturated rings. The molecule has 0 spiro atoms. The fourth-order valence-electron chi connectivity index (χ4n) is 1.46. The van der Waals surface area contributed by atoms with Gasteiger partial charge in [0.15, 0.2) is 0 Å². The first-order valence-corrected chi connectivity index (χ1v) is 6.12. The van der Waals surface area contributed by atoms with Gasteiger partial charge in [0.05, 0.1) is 5.04 Å². The predicted octanol–water partition coefficient (Wildman–Crippen LogP) is 3.88. The van der Waals surface area contributed by atoms with E-state index >= 15 is 0 Å². The summed E-state index contributed by atoms with van der Waals surface area (Å²) in [5, 5.41) is 1.38. The van der Waals surface area contributed by atoms with Crippen LogP contribution in [0.15, 0.2) is 4.99 Å². The molecule has 13 heavy (non-hydrogen) atoms. The molecule has 0 aromatic heterocycles. The standard InChI is InChI=1S/C11H21NS/c1-11(2,3)13-10-8-6-4-5-7-9-12-10/h4-9H2,1-3H3. The van der Waals surface area contributed by atoms with E-state index in [-0.39, 0.29) is 0 Å². The highest BCUT2D eigenvalue weighted by molar-refractivity contribution is 8.15. The summed E-state index contributed by atoms with van der Waals surface area (Å²) >= 11 is 1.95. The Balaban J connectivity index is 2.45. The Bertz CT molecular complexity index is 179. The van der Waals surface area contributed by atoms with E-state index in [1.54, 1.807) is 0 Å². The van der Waals surface area contributed by atoms with Crippen LogP contribution in [-0.4, -0.2) is 16.3 Å². The van der Waals surface area contributed by atoms with Crippen molar-refractivity contribution in [1.82, 2.24) is 0 Å². The summed E-state index contributed by atoms with van der Waals surface area (Å²) in [6.45, 7) is 7.84. The first-order valence-electron chi connectivity index (χ1n) is 5.30. The van der Waals surface area contributed by atoms with Crippen LogP contribution in [0.5, 0.6) is 0 Å². The van der Waals surface area contributed by atoms with Crippen LogP contribution in [0.3, 0.4) is 0 Å². The molecule has 0 unspecified atom stereocenters. The third-order valence-electron chi connectivity index (χ3n) is 2.01. The van der Waals surface area contributed by atoms with Gasteiger partial charge in [-0.15, -0.1) is 11.8 Å². The molecule has 0 saturated carbocycles. The number of hydrogen-bond donors (Lipinski definition) is 0. The van der Waals surface area contributed by atoms with Gasteiger partial charge in [-0.25, -0.2) is 0 Å². The molecule has 0 aromatic carbocycles. The predicted molar refractivity (Wildman–Crippen MR) is 62.7 cm³/mol. The minimum Gasteiger partial charge on any atom is -0.283 e. The van der Waals surface area contributed by atoms with E-state index in [9.17, 15) is 0 Å². The van der Waals surface area contributed by atoms with Crippen molar-refractivity contribution >= 4 is 16.8 Å². The van der Waals surface area contributed by atoms with E-state index in [0.717, 1.165) is 6.54 Å². The highest BCUT2D eigenvalue weighted by Crippen LogP contribution is 2.28. The van der Waals surface area contributed by atoms with Crippen LogP contribution in [0.4, 0.5) is 0 Å². The second-order valence-electron chi connectivity index (χ2n) is 4.65. The second kappa shape index (κ2) is 5.04. The third-order valence-corrected chi connectivity index (χ3v) is 3.19. The van der Waals surface area contributed by atoms with Crippen molar-refractivity contribution in [3.05, 3.63) is 0 Å². The SMILES string of the molecule is CC(C)(C)SC1=NCCCCCC1. The fourth-order valence-corrected chi connectivity index (χ4v) is 2.57. The molecule has 2 heteroatoms. The Hall–Kier alpha value is 0.0200. The molecule has 0 N–H and O–H groups in total. The van der Waals surface area contributed by atoms with Gasteiger partial charge in [0.1, 0.15) is 0 Å². The molecule has 1 aliphatic heterocycles. The molecule has 0 radical (unpaired) electrons. The van der Waals surface area contributed by atoms with E-state index in [1.165, 1.54) is 37.1 Å². The average Bonchev–Trinajstić information content (AvgIpc) is 1.92. The van der Waals surface area contributed by atoms with Crippen LogP contribution in [0.1, 0.15) is 52.9 Å². The largest absolute Gasteiger partial charge is 0.283 e. The van der Waals surface area contributed by atoms with Crippen LogP contribution in [0, 0.1) is 0 Å². The first kappa shape index (κ1) is 11.1. The van der Waals surface area contributed by atoms with Crippen LogP contribution in [-0.2, 0) is 0 Å². The third kappa shape index (κ3) is 5.35. The van der Waals surface area contributed by atoms with Crippen molar-refractivity contribution < 1.29 is 0 Å². The molecule has 1 rings (SSSR count). The lowest BCUT2D eigenvalue weighted by atomic mass is 10.1. The summed E-state index contributed by atoms with van der Waals surface area (Å²) in [6, 6.07) is 0. The van der Waals surface area contributed by atoms with Crippen molar-refractivity contribution in [3.63, 3.8) is 0 Å². The molecule has 0 aromatic rings. The van der Waals surface area contributed by atoms with Crippen LogP contribution in [0.2, 0.25) is 0 Å². The molecule has 0 bridgehead atoms. The van der Waals surface area contributed by atoms with Crippen molar-refractivity contribution in [1.29, 1.82) is 0 Å². The zero-order valence-corrected chi connectivity index (χ0v) is 9.91. The number of hydrogen-bond acceptors (Lipinski definition) is 2. The van der Waals surface area contributed by atoms with Gasteiger partial charge in [-0.05, 0) is 19.3 Å². The Labute approximate surface area is 86.4 Å². The van der Waals surface area contributed by atoms with E-state index in [4.69, 9.17) is 0 Å². The van der Waals surface area contributed by atoms with Gasteiger partial charge in [-0.3, -0.25) is 4.99 Å². The number of nitrogens with zero attached hydrogens (tertiary/aromatic N) is 1. The summed E-state index contributed by atoms with van der Waals surface area (Å²) in [5.74, 6) is 0. The lowest BCUT2D eigenvalue weighted by Gasteiger charge is -2.20. The Morgan fingerprint density at radius 2 is 1.77 bits per heavy atom. The molecule has 1 aliphatic rings. The summed E-state index contributed by atoms with van der Waals surface area (Å²) in [4.78, 5) is 4.65. The maximum absolute atomic E-state index is 4.65. The van der Waals surface area contributed by atoms with Gasteiger partial charge in [0.2, 0.25) is 0 Å². The monoisotopic (exact) mass is 199 g/mol. The minimum atomic E-state index is 0.331. The van der Waals surface area contributed by atoms with Crippen LogP contribution < -0.4 is 0 Å². The number of aliphatic imine (C=N–C) groups is 1. The van der Waals surface area contributed by atoms with Gasteiger partial charge >= 0.3 is 0 Å². The minimum absolute atomic E-state index is 0.331. The van der Waals surface area contributed by atoms with E-state index in [0.29, 0.717) is 4.75 Å². The van der Waals surface area contributed by atoms with Crippen molar-refractivity contribution in [2.24, 2.45) is 4.99 Å². The van der Waals surface area contributed by atoms with Crippen LogP contribution >= 0.6 is 11.8 Å². The van der Waals surface area contributed by atoms with E-state index < -0.39 is 0 Å². The molecule has 1 heterocycles. The van der Waals surface area contributed by atoms with Crippen molar-refractivity contribution in [2.45, 2.75) is 57.6 Å². The Morgan fingerprint density at radius 1 is 1.08 bits per heavy atom. The molecule has 0 amide bonds. The quantitative estimate of drug-likeness (QED) is 0.576. The van der Waals surface area contributed by atoms with Crippen LogP contribution in [0.25, 0.3) is 0 Å². The number of rotatable bonds is 0. The zero-order valence-electron chi connectivity index (χ0n) is 9.10. The van der Waals surface area contributed by atoms with Gasteiger partial charge in [-0.2, -0.15) is 0 Å². The maximum Gasteiger partial charge on any atom is 0.0681 e. The molecular weight excluding hydrogens is 178 g/mol. The molecule has 76 valence electrons. The molecule has 1 nitrogen and oxygen atoms in total. The molecule has 0 aliphatic carbocycles. The summed E-state index contributed by atoms with van der Waals surface area (Å²) in [6.07, 6.45) is 6.60. The van der Waals surface area contributed by atoms with Crippen molar-refractivity contribution in [2.75, 3.05) is 6.54 Å². The summed E-state index contributed by atoms with van der Waals surface area (Å²) in [5.41, 5.74) is 0. The Morgan fingerprint density at radius 3 is 2.46 bits per heavy atom. The van der Waals surface area contributed by atoms with Gasteiger partial charge in [0, 0.05) is 11.3 Å². The number of thioether (sulfide) groups is 1. The summed E-state index contributed by atoms with van der Waals surface area (Å²) < 4.78 is 0.331. The highest BCUT2D eigenvalue weighted by atomic mass is 32.2. The topological polar surface area (TPSA) is 12.4 Å². The van der Waals surface area contributed by atoms with Gasteiger partial charge < -0.3 is 0 Å². The highest BCUT2D eigenvalue weighted by Gasteiger charge is 2.15. The van der Waals surface area contributed by atoms with Gasteiger partial charge in [0.25, 0.3) is 0 Å².